The molecule has 2 heteroatoms. The normalized spacial score (nSPS) is 10.8. The first-order valence-electron chi connectivity index (χ1n) is 14.1. The highest BCUT2D eigenvalue weighted by atomic mass is 16.5. The summed E-state index contributed by atoms with van der Waals surface area (Å²) in [6.07, 6.45) is 9.42. The molecule has 0 bridgehead atoms. The van der Waals surface area contributed by atoms with Crippen LogP contribution in [-0.4, -0.2) is 18.3 Å². The van der Waals surface area contributed by atoms with Crippen molar-refractivity contribution in [2.24, 2.45) is 0 Å². The minimum atomic E-state index is 0.323. The first-order valence-corrected chi connectivity index (χ1v) is 14.1. The van der Waals surface area contributed by atoms with Crippen molar-refractivity contribution in [3.05, 3.63) is 138 Å². The van der Waals surface area contributed by atoms with Gasteiger partial charge >= 0.3 is 0 Å². The van der Waals surface area contributed by atoms with Crippen molar-refractivity contribution in [3.8, 4) is 5.75 Å². The monoisotopic (exact) mass is 504 g/mol. The molecule has 0 radical (unpaired) electrons. The molecule has 0 aliphatic carbocycles. The van der Waals surface area contributed by atoms with Gasteiger partial charge in [-0.3, -0.25) is 0 Å². The number of aliphatic hydroxyl groups is 1. The Hall–Kier alpha value is -3.62. The van der Waals surface area contributed by atoms with Crippen molar-refractivity contribution < 1.29 is 9.84 Å². The molecule has 0 saturated heterocycles. The van der Waals surface area contributed by atoms with E-state index < -0.39 is 0 Å². The number of aliphatic hydroxyl groups excluding tert-OH is 1. The van der Waals surface area contributed by atoms with Gasteiger partial charge in [0.2, 0.25) is 0 Å². The van der Waals surface area contributed by atoms with Crippen LogP contribution in [0.25, 0.3) is 11.1 Å². The molecule has 0 aliphatic rings. The van der Waals surface area contributed by atoms with E-state index in [0.29, 0.717) is 6.61 Å². The van der Waals surface area contributed by atoms with Gasteiger partial charge < -0.3 is 9.84 Å². The maximum atomic E-state index is 8.86. The highest BCUT2D eigenvalue weighted by Gasteiger charge is 2.16. The van der Waals surface area contributed by atoms with Crippen LogP contribution in [0.5, 0.6) is 5.75 Å². The van der Waals surface area contributed by atoms with E-state index >= 15 is 0 Å². The van der Waals surface area contributed by atoms with Gasteiger partial charge in [-0.1, -0.05) is 142 Å². The predicted octanol–water partition coefficient (Wildman–Crippen LogP) is 9.19. The zero-order chi connectivity index (χ0) is 26.3. The van der Waals surface area contributed by atoms with Gasteiger partial charge in [0.25, 0.3) is 0 Å². The van der Waals surface area contributed by atoms with Gasteiger partial charge in [-0.25, -0.2) is 0 Å². The van der Waals surface area contributed by atoms with E-state index in [0.717, 1.165) is 31.6 Å². The Labute approximate surface area is 228 Å². The quantitative estimate of drug-likeness (QED) is 0.129. The fourth-order valence-corrected chi connectivity index (χ4v) is 4.91. The standard InChI is InChI=1S/C36H40O2/c37-28-16-5-3-1-2-4-6-17-29-38-34-26-24-33(25-27-34)36(32-22-14-9-15-23-32)35(30-18-10-7-11-19-30)31-20-12-8-13-21-31/h7-15,18-27,37H,1-6,16-17,28-29H2. The van der Waals surface area contributed by atoms with Gasteiger partial charge in [-0.05, 0) is 58.4 Å². The van der Waals surface area contributed by atoms with Crippen molar-refractivity contribution in [2.45, 2.75) is 51.4 Å². The first kappa shape index (κ1) is 27.4. The van der Waals surface area contributed by atoms with Gasteiger partial charge in [-0.15, -0.1) is 0 Å². The molecule has 1 N–H and O–H groups in total. The van der Waals surface area contributed by atoms with E-state index in [1.807, 2.05) is 0 Å². The first-order chi connectivity index (χ1) is 18.9. The third kappa shape index (κ3) is 8.19. The molecule has 0 amide bonds. The maximum Gasteiger partial charge on any atom is 0.119 e. The van der Waals surface area contributed by atoms with Crippen LogP contribution in [-0.2, 0) is 0 Å². The third-order valence-electron chi connectivity index (χ3n) is 6.90. The molecular weight excluding hydrogens is 464 g/mol. The van der Waals surface area contributed by atoms with E-state index in [4.69, 9.17) is 9.84 Å². The van der Waals surface area contributed by atoms with E-state index in [-0.39, 0.29) is 0 Å². The fraction of sp³-hybridized carbons (Fsp3) is 0.278. The summed E-state index contributed by atoms with van der Waals surface area (Å²) in [4.78, 5) is 0. The SMILES string of the molecule is OCCCCCCCCCCOc1ccc(C(=C(c2ccccc2)c2ccccc2)c2ccccc2)cc1. The Morgan fingerprint density at radius 1 is 0.421 bits per heavy atom. The Kier molecular flexibility index (Phi) is 11.2. The molecule has 0 heterocycles. The molecule has 0 unspecified atom stereocenters. The number of rotatable bonds is 15. The maximum absolute atomic E-state index is 8.86. The van der Waals surface area contributed by atoms with Gasteiger partial charge in [0, 0.05) is 6.61 Å². The van der Waals surface area contributed by atoms with Crippen LogP contribution in [0.3, 0.4) is 0 Å². The molecule has 0 atom stereocenters. The summed E-state index contributed by atoms with van der Waals surface area (Å²) in [5, 5.41) is 8.86. The van der Waals surface area contributed by atoms with Crippen LogP contribution in [0.4, 0.5) is 0 Å². The van der Waals surface area contributed by atoms with E-state index in [1.165, 1.54) is 65.5 Å². The average molecular weight is 505 g/mol. The lowest BCUT2D eigenvalue weighted by molar-refractivity contribution is 0.282. The molecule has 4 rings (SSSR count). The highest BCUT2D eigenvalue weighted by Crippen LogP contribution is 2.37. The van der Waals surface area contributed by atoms with Crippen molar-refractivity contribution in [2.75, 3.05) is 13.2 Å². The molecule has 4 aromatic rings. The summed E-state index contributed by atoms with van der Waals surface area (Å²) in [5.41, 5.74) is 7.21. The largest absolute Gasteiger partial charge is 0.494 e. The second-order valence-corrected chi connectivity index (χ2v) is 9.77. The van der Waals surface area contributed by atoms with E-state index in [2.05, 4.69) is 115 Å². The Morgan fingerprint density at radius 3 is 1.21 bits per heavy atom. The molecule has 4 aromatic carbocycles. The lowest BCUT2D eigenvalue weighted by Gasteiger charge is -2.18. The van der Waals surface area contributed by atoms with Gasteiger partial charge in [0.05, 0.1) is 6.61 Å². The lowest BCUT2D eigenvalue weighted by atomic mass is 9.86. The fourth-order valence-electron chi connectivity index (χ4n) is 4.91. The Bertz CT molecular complexity index is 1170. The summed E-state index contributed by atoms with van der Waals surface area (Å²) in [7, 11) is 0. The second-order valence-electron chi connectivity index (χ2n) is 9.77. The van der Waals surface area contributed by atoms with Crippen molar-refractivity contribution in [3.63, 3.8) is 0 Å². The lowest BCUT2D eigenvalue weighted by Crippen LogP contribution is -1.99. The van der Waals surface area contributed by atoms with Crippen LogP contribution < -0.4 is 4.74 Å². The van der Waals surface area contributed by atoms with Crippen LogP contribution >= 0.6 is 0 Å². The summed E-state index contributed by atoms with van der Waals surface area (Å²) < 4.78 is 6.09. The van der Waals surface area contributed by atoms with Crippen LogP contribution in [0.1, 0.15) is 73.6 Å². The molecule has 0 aliphatic heterocycles. The molecule has 0 fully saturated rings. The topological polar surface area (TPSA) is 29.5 Å². The summed E-state index contributed by atoms with van der Waals surface area (Å²) in [6.45, 7) is 1.08. The van der Waals surface area contributed by atoms with Gasteiger partial charge in [0.15, 0.2) is 0 Å². The van der Waals surface area contributed by atoms with Crippen molar-refractivity contribution >= 4 is 11.1 Å². The Balaban J connectivity index is 1.49. The molecular formula is C36H40O2. The van der Waals surface area contributed by atoms with Gasteiger partial charge in [-0.2, -0.15) is 0 Å². The number of hydrogen-bond acceptors (Lipinski definition) is 2. The summed E-state index contributed by atoms with van der Waals surface area (Å²) in [6, 6.07) is 40.6. The van der Waals surface area contributed by atoms with Crippen LogP contribution in [0.2, 0.25) is 0 Å². The molecule has 0 saturated carbocycles. The van der Waals surface area contributed by atoms with E-state index in [1.54, 1.807) is 0 Å². The molecule has 38 heavy (non-hydrogen) atoms. The highest BCUT2D eigenvalue weighted by molar-refractivity contribution is 6.04. The van der Waals surface area contributed by atoms with Crippen molar-refractivity contribution in [1.82, 2.24) is 0 Å². The number of unbranched alkanes of at least 4 members (excludes halogenated alkanes) is 7. The summed E-state index contributed by atoms with van der Waals surface area (Å²) in [5.74, 6) is 0.922. The minimum absolute atomic E-state index is 0.323. The van der Waals surface area contributed by atoms with Crippen molar-refractivity contribution in [1.29, 1.82) is 0 Å². The van der Waals surface area contributed by atoms with E-state index in [9.17, 15) is 0 Å². The zero-order valence-corrected chi connectivity index (χ0v) is 22.4. The summed E-state index contributed by atoms with van der Waals surface area (Å²) >= 11 is 0. The van der Waals surface area contributed by atoms with Crippen LogP contribution in [0.15, 0.2) is 115 Å². The molecule has 196 valence electrons. The minimum Gasteiger partial charge on any atom is -0.494 e. The number of benzene rings is 4. The number of hydrogen-bond donors (Lipinski definition) is 1. The predicted molar refractivity (Wildman–Crippen MR) is 160 cm³/mol. The van der Waals surface area contributed by atoms with Gasteiger partial charge in [0.1, 0.15) is 5.75 Å². The second kappa shape index (κ2) is 15.6. The average Bonchev–Trinajstić information content (AvgIpc) is 2.98. The Morgan fingerprint density at radius 2 is 0.789 bits per heavy atom. The third-order valence-corrected chi connectivity index (χ3v) is 6.90. The zero-order valence-electron chi connectivity index (χ0n) is 22.4. The number of ether oxygens (including phenoxy) is 1. The smallest absolute Gasteiger partial charge is 0.119 e. The molecule has 0 aromatic heterocycles. The van der Waals surface area contributed by atoms with Crippen LogP contribution in [0, 0.1) is 0 Å². The molecule has 0 spiro atoms. The molecule has 2 nitrogen and oxygen atoms in total.